The highest BCUT2D eigenvalue weighted by Crippen LogP contribution is 2.44. The van der Waals surface area contributed by atoms with Gasteiger partial charge in [0.15, 0.2) is 0 Å². The predicted molar refractivity (Wildman–Crippen MR) is 236 cm³/mol. The topological polar surface area (TPSA) is 16.1 Å². The van der Waals surface area contributed by atoms with Crippen molar-refractivity contribution in [2.24, 2.45) is 0 Å². The molecule has 11 aromatic rings. The third kappa shape index (κ3) is 5.32. The van der Waals surface area contributed by atoms with Gasteiger partial charge in [-0.05, 0) is 89.0 Å². The molecular formula is C49H30N2S3. The minimum atomic E-state index is 1.06. The number of thiophene rings is 2. The molecule has 0 spiro atoms. The van der Waals surface area contributed by atoms with Crippen LogP contribution in [-0.4, -0.2) is 4.98 Å². The number of fused-ring (bicyclic) bond motifs is 8. The molecule has 0 aliphatic heterocycles. The monoisotopic (exact) mass is 742 g/mol. The summed E-state index contributed by atoms with van der Waals surface area (Å²) in [5, 5.41) is 6.20. The van der Waals surface area contributed by atoms with Crippen molar-refractivity contribution in [1.29, 1.82) is 0 Å². The zero-order chi connectivity index (χ0) is 35.6. The van der Waals surface area contributed by atoms with Crippen LogP contribution in [0.2, 0.25) is 0 Å². The third-order valence-corrected chi connectivity index (χ3v) is 13.7. The number of hydrogen-bond donors (Lipinski definition) is 0. The lowest BCUT2D eigenvalue weighted by Crippen LogP contribution is -2.09. The fraction of sp³-hybridized carbons (Fsp3) is 0. The van der Waals surface area contributed by atoms with E-state index in [1.165, 1.54) is 67.3 Å². The van der Waals surface area contributed by atoms with E-state index in [1.807, 2.05) is 22.7 Å². The number of nitrogens with zero attached hydrogens (tertiary/aromatic N) is 2. The van der Waals surface area contributed by atoms with Gasteiger partial charge in [-0.15, -0.1) is 34.0 Å². The van der Waals surface area contributed by atoms with Crippen LogP contribution >= 0.6 is 34.0 Å². The summed E-state index contributed by atoms with van der Waals surface area (Å²) >= 11 is 5.47. The summed E-state index contributed by atoms with van der Waals surface area (Å²) in [6.07, 6.45) is 0. The van der Waals surface area contributed by atoms with Crippen LogP contribution in [0.4, 0.5) is 17.1 Å². The molecule has 54 heavy (non-hydrogen) atoms. The Hall–Kier alpha value is -6.11. The third-order valence-electron chi connectivity index (χ3n) is 10.3. The number of benzene rings is 8. The molecular weight excluding hydrogens is 713 g/mol. The highest BCUT2D eigenvalue weighted by atomic mass is 32.1. The lowest BCUT2D eigenvalue weighted by molar-refractivity contribution is 1.29. The molecule has 0 unspecified atom stereocenters. The van der Waals surface area contributed by atoms with Gasteiger partial charge < -0.3 is 4.90 Å². The molecule has 3 heterocycles. The van der Waals surface area contributed by atoms with Crippen LogP contribution < -0.4 is 4.90 Å². The van der Waals surface area contributed by atoms with Crippen LogP contribution in [-0.2, 0) is 0 Å². The summed E-state index contributed by atoms with van der Waals surface area (Å²) < 4.78 is 6.39. The van der Waals surface area contributed by atoms with E-state index < -0.39 is 0 Å². The maximum absolute atomic E-state index is 5.20. The normalized spacial score (nSPS) is 11.7. The van der Waals surface area contributed by atoms with Crippen molar-refractivity contribution in [2.45, 2.75) is 0 Å². The van der Waals surface area contributed by atoms with Gasteiger partial charge in [-0.2, -0.15) is 0 Å². The maximum atomic E-state index is 5.20. The van der Waals surface area contributed by atoms with Crippen molar-refractivity contribution < 1.29 is 0 Å². The molecule has 0 saturated carbocycles. The highest BCUT2D eigenvalue weighted by molar-refractivity contribution is 7.26. The van der Waals surface area contributed by atoms with Gasteiger partial charge in [0.05, 0.1) is 10.2 Å². The van der Waals surface area contributed by atoms with Crippen molar-refractivity contribution in [1.82, 2.24) is 4.98 Å². The fourth-order valence-corrected chi connectivity index (χ4v) is 10.9. The molecule has 0 aliphatic rings. The van der Waals surface area contributed by atoms with E-state index in [-0.39, 0.29) is 0 Å². The first-order chi connectivity index (χ1) is 26.7. The van der Waals surface area contributed by atoms with E-state index in [4.69, 9.17) is 4.98 Å². The van der Waals surface area contributed by atoms with Crippen LogP contribution in [0.3, 0.4) is 0 Å². The number of aromatic nitrogens is 1. The Kier molecular flexibility index (Phi) is 7.44. The van der Waals surface area contributed by atoms with E-state index in [0.717, 1.165) is 33.1 Å². The van der Waals surface area contributed by atoms with Crippen LogP contribution in [0.1, 0.15) is 0 Å². The van der Waals surface area contributed by atoms with Gasteiger partial charge in [0.1, 0.15) is 5.01 Å². The Morgan fingerprint density at radius 1 is 0.333 bits per heavy atom. The molecule has 254 valence electrons. The smallest absolute Gasteiger partial charge is 0.124 e. The van der Waals surface area contributed by atoms with Crippen molar-refractivity contribution in [3.05, 3.63) is 182 Å². The second-order valence-electron chi connectivity index (χ2n) is 13.6. The van der Waals surface area contributed by atoms with Crippen molar-refractivity contribution >= 4 is 102 Å². The average Bonchev–Trinajstić information content (AvgIpc) is 3.95. The first kappa shape index (κ1) is 31.4. The molecule has 0 fully saturated rings. The van der Waals surface area contributed by atoms with Crippen LogP contribution in [0.15, 0.2) is 182 Å². The Morgan fingerprint density at radius 2 is 0.870 bits per heavy atom. The molecule has 5 heteroatoms. The predicted octanol–water partition coefficient (Wildman–Crippen LogP) is 15.5. The van der Waals surface area contributed by atoms with E-state index in [9.17, 15) is 0 Å². The van der Waals surface area contributed by atoms with Crippen molar-refractivity contribution in [2.75, 3.05) is 4.90 Å². The quantitative estimate of drug-likeness (QED) is 0.169. The van der Waals surface area contributed by atoms with Gasteiger partial charge in [0.2, 0.25) is 0 Å². The average molecular weight is 743 g/mol. The van der Waals surface area contributed by atoms with E-state index in [0.29, 0.717) is 0 Å². The van der Waals surface area contributed by atoms with Gasteiger partial charge in [-0.1, -0.05) is 115 Å². The molecule has 0 N–H and O–H groups in total. The molecule has 8 aromatic carbocycles. The summed E-state index contributed by atoms with van der Waals surface area (Å²) in [6, 6.07) is 66.1. The number of hydrogen-bond acceptors (Lipinski definition) is 5. The molecule has 0 atom stereocenters. The largest absolute Gasteiger partial charge is 0.310 e. The van der Waals surface area contributed by atoms with E-state index >= 15 is 0 Å². The molecule has 0 aliphatic carbocycles. The summed E-state index contributed by atoms with van der Waals surface area (Å²) in [7, 11) is 0. The molecule has 0 radical (unpaired) electrons. The van der Waals surface area contributed by atoms with Gasteiger partial charge >= 0.3 is 0 Å². The number of rotatable bonds is 6. The Balaban J connectivity index is 1.00. The van der Waals surface area contributed by atoms with E-state index in [2.05, 4.69) is 187 Å². The van der Waals surface area contributed by atoms with E-state index in [1.54, 1.807) is 11.3 Å². The second-order valence-corrected chi connectivity index (χ2v) is 16.8. The maximum Gasteiger partial charge on any atom is 0.124 e. The summed E-state index contributed by atoms with van der Waals surface area (Å²) in [6.45, 7) is 0. The van der Waals surface area contributed by atoms with Crippen molar-refractivity contribution in [3.8, 4) is 32.8 Å². The molecule has 0 amide bonds. The molecule has 3 aromatic heterocycles. The number of thiazole rings is 1. The molecule has 2 nitrogen and oxygen atoms in total. The van der Waals surface area contributed by atoms with Gasteiger partial charge in [-0.25, -0.2) is 4.98 Å². The SMILES string of the molecule is c1ccc(-c2ccc(N(c3ccc(-c4ccc5sc6ccc7sc(-c8ccccc8)nc7c6c5c4)cc3)c3ccc4c(c3)sc3ccccc34)cc2)cc1. The van der Waals surface area contributed by atoms with Gasteiger partial charge in [-0.3, -0.25) is 0 Å². The first-order valence-electron chi connectivity index (χ1n) is 18.0. The fourth-order valence-electron chi connectivity index (χ4n) is 7.67. The molecule has 0 saturated heterocycles. The Morgan fingerprint density at radius 3 is 1.63 bits per heavy atom. The molecule has 0 bridgehead atoms. The van der Waals surface area contributed by atoms with Gasteiger partial charge in [0, 0.05) is 63.0 Å². The molecule has 11 rings (SSSR count). The highest BCUT2D eigenvalue weighted by Gasteiger charge is 2.17. The Bertz CT molecular complexity index is 3140. The number of anilines is 3. The first-order valence-corrected chi connectivity index (χ1v) is 20.5. The zero-order valence-electron chi connectivity index (χ0n) is 28.9. The zero-order valence-corrected chi connectivity index (χ0v) is 31.4. The van der Waals surface area contributed by atoms with Crippen LogP contribution in [0.5, 0.6) is 0 Å². The minimum absolute atomic E-state index is 1.06. The van der Waals surface area contributed by atoms with Gasteiger partial charge in [0.25, 0.3) is 0 Å². The van der Waals surface area contributed by atoms with Crippen LogP contribution in [0.25, 0.3) is 83.4 Å². The lowest BCUT2D eigenvalue weighted by atomic mass is 10.0. The summed E-state index contributed by atoms with van der Waals surface area (Å²) in [5.74, 6) is 0. The summed E-state index contributed by atoms with van der Waals surface area (Å²) in [5.41, 5.74) is 10.5. The van der Waals surface area contributed by atoms with Crippen LogP contribution in [0, 0.1) is 0 Å². The second kappa shape index (κ2) is 12.8. The summed E-state index contributed by atoms with van der Waals surface area (Å²) in [4.78, 5) is 7.57. The van der Waals surface area contributed by atoms with Crippen molar-refractivity contribution in [3.63, 3.8) is 0 Å². The standard InChI is InChI=1S/C49H30N2S3/c1-3-9-31(10-4-1)32-15-20-36(21-16-32)51(38-24-25-40-39-13-7-8-14-42(39)53-46(40)30-38)37-22-17-33(18-23-37)35-19-26-43-41(29-35)47-44(52-43)27-28-45-48(47)50-49(54-45)34-11-5-2-6-12-34/h1-30H. The minimum Gasteiger partial charge on any atom is -0.310 e. The Labute approximate surface area is 324 Å². The lowest BCUT2D eigenvalue weighted by Gasteiger charge is -2.26.